The highest BCUT2D eigenvalue weighted by molar-refractivity contribution is 5.90. The molecule has 1 amide bonds. The van der Waals surface area contributed by atoms with Gasteiger partial charge in [0, 0.05) is 24.7 Å². The van der Waals surface area contributed by atoms with E-state index in [1.807, 2.05) is 0 Å². The molecule has 0 spiro atoms. The fourth-order valence-corrected chi connectivity index (χ4v) is 3.57. The maximum Gasteiger partial charge on any atom is 0.307 e. The lowest BCUT2D eigenvalue weighted by Gasteiger charge is -2.30. The number of aromatic nitrogens is 1. The smallest absolute Gasteiger partial charge is 0.307 e. The molecule has 2 saturated heterocycles. The second-order valence-electron chi connectivity index (χ2n) is 6.36. The average molecular weight is 315 g/mol. The van der Waals surface area contributed by atoms with Crippen molar-refractivity contribution in [3.05, 3.63) is 42.2 Å². The molecule has 2 fully saturated rings. The van der Waals surface area contributed by atoms with Gasteiger partial charge in [0.05, 0.1) is 6.20 Å². The molecule has 6 heteroatoms. The normalized spacial score (nSPS) is 26.2. The number of hydrogen-bond acceptors (Lipinski definition) is 4. The van der Waals surface area contributed by atoms with Crippen LogP contribution in [0.15, 0.2) is 34.9 Å². The van der Waals surface area contributed by atoms with E-state index in [-0.39, 0.29) is 23.7 Å². The van der Waals surface area contributed by atoms with Crippen LogP contribution in [0.25, 0.3) is 11.3 Å². The lowest BCUT2D eigenvalue weighted by Crippen LogP contribution is -2.47. The maximum absolute atomic E-state index is 13.3. The molecule has 2 aliphatic heterocycles. The van der Waals surface area contributed by atoms with Crippen LogP contribution < -0.4 is 5.32 Å². The van der Waals surface area contributed by atoms with E-state index in [9.17, 15) is 9.18 Å². The number of amides is 1. The fourth-order valence-electron chi connectivity index (χ4n) is 3.57. The molecule has 4 rings (SSSR count). The Labute approximate surface area is 133 Å². The number of carbonyl (C=O) groups excluding carboxylic acids is 1. The van der Waals surface area contributed by atoms with Crippen molar-refractivity contribution in [2.45, 2.75) is 18.9 Å². The van der Waals surface area contributed by atoms with E-state index < -0.39 is 0 Å². The first-order chi connectivity index (χ1) is 11.2. The zero-order valence-corrected chi connectivity index (χ0v) is 12.7. The third-order valence-electron chi connectivity index (χ3n) is 4.61. The minimum atomic E-state index is -0.350. The van der Waals surface area contributed by atoms with Crippen molar-refractivity contribution in [1.82, 2.24) is 15.2 Å². The van der Waals surface area contributed by atoms with Crippen molar-refractivity contribution in [3.63, 3.8) is 0 Å². The molecule has 5 nitrogen and oxygen atoms in total. The highest BCUT2D eigenvalue weighted by Gasteiger charge is 2.33. The molecule has 23 heavy (non-hydrogen) atoms. The molecule has 1 N–H and O–H groups in total. The Morgan fingerprint density at radius 1 is 1.39 bits per heavy atom. The Bertz CT molecular complexity index is 718. The maximum atomic E-state index is 13.3. The SMILES string of the molecule is O=C(N[C@@H]1C[C@H]2CCN(C2)C1)c1ncc(-c2cccc(F)c2)o1. The molecular weight excluding hydrogens is 297 g/mol. The van der Waals surface area contributed by atoms with Gasteiger partial charge in [-0.3, -0.25) is 4.79 Å². The van der Waals surface area contributed by atoms with Gasteiger partial charge in [0.25, 0.3) is 5.89 Å². The molecule has 1 unspecified atom stereocenters. The first kappa shape index (κ1) is 14.4. The molecule has 0 radical (unpaired) electrons. The molecule has 2 bridgehead atoms. The number of nitrogens with zero attached hydrogens (tertiary/aromatic N) is 2. The van der Waals surface area contributed by atoms with Crippen LogP contribution in [0.1, 0.15) is 23.5 Å². The monoisotopic (exact) mass is 315 g/mol. The van der Waals surface area contributed by atoms with Gasteiger partial charge in [0.2, 0.25) is 0 Å². The minimum absolute atomic E-state index is 0.0252. The Hall–Kier alpha value is -2.21. The number of rotatable bonds is 3. The largest absolute Gasteiger partial charge is 0.432 e. The predicted octanol–water partition coefficient (Wildman–Crippen LogP) is 2.30. The van der Waals surface area contributed by atoms with Crippen LogP contribution in [0, 0.1) is 11.7 Å². The molecule has 1 aromatic carbocycles. The van der Waals surface area contributed by atoms with Crippen molar-refractivity contribution in [2.75, 3.05) is 19.6 Å². The lowest BCUT2D eigenvalue weighted by molar-refractivity contribution is 0.0875. The number of fused-ring (bicyclic) bond motifs is 2. The van der Waals surface area contributed by atoms with Gasteiger partial charge in [-0.1, -0.05) is 12.1 Å². The summed E-state index contributed by atoms with van der Waals surface area (Å²) in [6, 6.07) is 6.18. The first-order valence-corrected chi connectivity index (χ1v) is 7.92. The zero-order valence-electron chi connectivity index (χ0n) is 12.7. The van der Waals surface area contributed by atoms with E-state index in [1.165, 1.54) is 24.8 Å². The van der Waals surface area contributed by atoms with Crippen LogP contribution in [0.5, 0.6) is 0 Å². The number of hydrogen-bond donors (Lipinski definition) is 1. The van der Waals surface area contributed by atoms with Crippen LogP contribution in [0.2, 0.25) is 0 Å². The first-order valence-electron chi connectivity index (χ1n) is 7.92. The molecule has 120 valence electrons. The number of piperidine rings is 1. The Kier molecular flexibility index (Phi) is 3.61. The van der Waals surface area contributed by atoms with E-state index in [0.717, 1.165) is 26.1 Å². The van der Waals surface area contributed by atoms with Gasteiger partial charge in [-0.25, -0.2) is 9.37 Å². The molecule has 0 saturated carbocycles. The van der Waals surface area contributed by atoms with Crippen LogP contribution >= 0.6 is 0 Å². The van der Waals surface area contributed by atoms with Crippen molar-refractivity contribution >= 4 is 5.91 Å². The summed E-state index contributed by atoms with van der Waals surface area (Å²) in [4.78, 5) is 18.7. The quantitative estimate of drug-likeness (QED) is 0.944. The van der Waals surface area contributed by atoms with E-state index >= 15 is 0 Å². The summed E-state index contributed by atoms with van der Waals surface area (Å²) in [6.45, 7) is 3.16. The van der Waals surface area contributed by atoms with Gasteiger partial charge in [0.15, 0.2) is 5.76 Å². The summed E-state index contributed by atoms with van der Waals surface area (Å²) >= 11 is 0. The summed E-state index contributed by atoms with van der Waals surface area (Å²) in [5, 5.41) is 3.00. The van der Waals surface area contributed by atoms with E-state index in [0.29, 0.717) is 17.2 Å². The zero-order chi connectivity index (χ0) is 15.8. The highest BCUT2D eigenvalue weighted by atomic mass is 19.1. The Morgan fingerprint density at radius 2 is 2.30 bits per heavy atom. The van der Waals surface area contributed by atoms with Gasteiger partial charge in [-0.2, -0.15) is 0 Å². The summed E-state index contributed by atoms with van der Waals surface area (Å²) in [6.07, 6.45) is 3.69. The second-order valence-corrected chi connectivity index (χ2v) is 6.36. The van der Waals surface area contributed by atoms with E-state index in [1.54, 1.807) is 12.1 Å². The highest BCUT2D eigenvalue weighted by Crippen LogP contribution is 2.27. The van der Waals surface area contributed by atoms with Crippen molar-refractivity contribution in [3.8, 4) is 11.3 Å². The van der Waals surface area contributed by atoms with E-state index in [2.05, 4.69) is 15.2 Å². The van der Waals surface area contributed by atoms with Gasteiger partial charge in [0.1, 0.15) is 5.82 Å². The number of oxazole rings is 1. The van der Waals surface area contributed by atoms with Crippen LogP contribution in [-0.2, 0) is 0 Å². The van der Waals surface area contributed by atoms with Crippen LogP contribution in [0.4, 0.5) is 4.39 Å². The number of benzene rings is 1. The number of nitrogens with one attached hydrogen (secondary N) is 1. The summed E-state index contributed by atoms with van der Waals surface area (Å²) < 4.78 is 18.8. The van der Waals surface area contributed by atoms with Crippen LogP contribution in [-0.4, -0.2) is 41.5 Å². The molecule has 3 heterocycles. The van der Waals surface area contributed by atoms with E-state index in [4.69, 9.17) is 4.42 Å². The van der Waals surface area contributed by atoms with Gasteiger partial charge in [-0.05, 0) is 37.4 Å². The second kappa shape index (κ2) is 5.77. The van der Waals surface area contributed by atoms with Crippen molar-refractivity contribution in [1.29, 1.82) is 0 Å². The fraction of sp³-hybridized carbons (Fsp3) is 0.412. The molecular formula is C17H18FN3O2. The predicted molar refractivity (Wildman–Crippen MR) is 82.3 cm³/mol. The molecule has 1 aromatic heterocycles. The summed E-state index contributed by atoms with van der Waals surface area (Å²) in [5.74, 6) is 0.442. The van der Waals surface area contributed by atoms with Gasteiger partial charge >= 0.3 is 5.91 Å². The molecule has 3 atom stereocenters. The van der Waals surface area contributed by atoms with Gasteiger partial charge in [-0.15, -0.1) is 0 Å². The van der Waals surface area contributed by atoms with Crippen molar-refractivity contribution in [2.24, 2.45) is 5.92 Å². The lowest BCUT2D eigenvalue weighted by atomic mass is 9.97. The third kappa shape index (κ3) is 2.99. The van der Waals surface area contributed by atoms with Crippen LogP contribution in [0.3, 0.4) is 0 Å². The Morgan fingerprint density at radius 3 is 3.13 bits per heavy atom. The number of carbonyl (C=O) groups is 1. The summed E-state index contributed by atoms with van der Waals surface area (Å²) in [5.41, 5.74) is 0.568. The van der Waals surface area contributed by atoms with Gasteiger partial charge < -0.3 is 14.6 Å². The van der Waals surface area contributed by atoms with Crippen molar-refractivity contribution < 1.29 is 13.6 Å². The average Bonchev–Trinajstić information content (AvgIpc) is 3.14. The molecule has 2 aromatic rings. The minimum Gasteiger partial charge on any atom is -0.432 e. The summed E-state index contributed by atoms with van der Waals surface area (Å²) in [7, 11) is 0. The standard InChI is InChI=1S/C17H18FN3O2/c18-13-3-1-2-12(7-13)15-8-19-17(23-15)16(22)20-14-6-11-4-5-21(9-11)10-14/h1-3,7-8,11,14H,4-6,9-10H2,(H,20,22)/t11-,14-/m1/s1. The molecule has 0 aliphatic carbocycles. The third-order valence-corrected chi connectivity index (χ3v) is 4.61. The number of halogens is 1. The molecule has 2 aliphatic rings. The topological polar surface area (TPSA) is 58.4 Å². The Balaban J connectivity index is 1.45.